The van der Waals surface area contributed by atoms with E-state index in [4.69, 9.17) is 14.4 Å². The second kappa shape index (κ2) is 13.4. The zero-order valence-electron chi connectivity index (χ0n) is 33.6. The molecule has 0 amide bonds. The van der Waals surface area contributed by atoms with Crippen molar-refractivity contribution in [2.45, 2.75) is 5.41 Å². The van der Waals surface area contributed by atoms with Crippen molar-refractivity contribution in [2.24, 2.45) is 0 Å². The maximum atomic E-state index is 6.38. The van der Waals surface area contributed by atoms with Crippen LogP contribution in [-0.4, -0.2) is 9.97 Å². The first-order valence-corrected chi connectivity index (χ1v) is 21.2. The number of hydrogen-bond donors (Lipinski definition) is 0. The molecule has 62 heavy (non-hydrogen) atoms. The quantitative estimate of drug-likeness (QED) is 0.178. The lowest BCUT2D eigenvalue weighted by Crippen LogP contribution is -2.29. The number of nitrogens with zero attached hydrogens (tertiary/aromatic N) is 2. The molecule has 0 bridgehead atoms. The summed E-state index contributed by atoms with van der Waals surface area (Å²) in [6.45, 7) is 0. The number of para-hydroxylation sites is 1. The van der Waals surface area contributed by atoms with E-state index in [1.165, 1.54) is 55.6 Å². The molecule has 9 aromatic carbocycles. The van der Waals surface area contributed by atoms with E-state index < -0.39 is 5.41 Å². The van der Waals surface area contributed by atoms with E-state index in [0.29, 0.717) is 5.82 Å². The predicted octanol–water partition coefficient (Wildman–Crippen LogP) is 15.1. The lowest BCUT2D eigenvalue weighted by molar-refractivity contribution is 0.669. The summed E-state index contributed by atoms with van der Waals surface area (Å²) in [5.41, 5.74) is 20.7. The van der Waals surface area contributed by atoms with E-state index in [1.54, 1.807) is 0 Å². The summed E-state index contributed by atoms with van der Waals surface area (Å²) in [6.07, 6.45) is 0. The van der Waals surface area contributed by atoms with Crippen molar-refractivity contribution in [3.05, 3.63) is 241 Å². The lowest BCUT2D eigenvalue weighted by atomic mass is 9.66. The van der Waals surface area contributed by atoms with Crippen LogP contribution in [0.2, 0.25) is 0 Å². The van der Waals surface area contributed by atoms with Gasteiger partial charge < -0.3 is 4.42 Å². The molecule has 0 fully saturated rings. The smallest absolute Gasteiger partial charge is 0.161 e. The zero-order valence-corrected chi connectivity index (χ0v) is 33.6. The first-order valence-electron chi connectivity index (χ1n) is 21.2. The van der Waals surface area contributed by atoms with Crippen molar-refractivity contribution < 1.29 is 4.42 Å². The molecule has 2 heterocycles. The van der Waals surface area contributed by atoms with Crippen LogP contribution in [-0.2, 0) is 5.41 Å². The standard InChI is InChI=1S/C59H36N2O/c1-2-16-37(17-3-1)38-18-14-19-39(34-38)53-36-54(61-58(60-53)47-26-15-31-56-57(47)46-25-9-13-30-55(46)62-56)40-32-33-52-48(35-40)42-21-5-4-20-41(42)43-22-6-10-27-49(43)59(52)50-28-11-7-23-44(50)45-24-8-12-29-51(45)59/h1-36H. The fourth-order valence-corrected chi connectivity index (χ4v) is 10.5. The fraction of sp³-hybridized carbons (Fsp3) is 0.0169. The van der Waals surface area contributed by atoms with E-state index in [0.717, 1.165) is 61.1 Å². The summed E-state index contributed by atoms with van der Waals surface area (Å²) in [6, 6.07) is 78.8. The Hall–Kier alpha value is -8.14. The molecule has 0 saturated heterocycles. The zero-order chi connectivity index (χ0) is 40.8. The molecule has 0 saturated carbocycles. The highest BCUT2D eigenvalue weighted by Gasteiger charge is 2.49. The minimum Gasteiger partial charge on any atom is -0.456 e. The maximum absolute atomic E-state index is 6.38. The third-order valence-electron chi connectivity index (χ3n) is 13.1. The van der Waals surface area contributed by atoms with Crippen LogP contribution in [0.25, 0.3) is 100 Å². The Balaban J connectivity index is 1.09. The second-order valence-corrected chi connectivity index (χ2v) is 16.4. The molecule has 2 aliphatic rings. The Morgan fingerprint density at radius 2 is 0.790 bits per heavy atom. The van der Waals surface area contributed by atoms with Gasteiger partial charge in [-0.1, -0.05) is 188 Å². The summed E-state index contributed by atoms with van der Waals surface area (Å²) in [5.74, 6) is 0.651. The second-order valence-electron chi connectivity index (χ2n) is 16.4. The highest BCUT2D eigenvalue weighted by molar-refractivity contribution is 6.12. The summed E-state index contributed by atoms with van der Waals surface area (Å²) in [5, 5.41) is 2.06. The summed E-state index contributed by atoms with van der Waals surface area (Å²) in [4.78, 5) is 10.9. The first-order chi connectivity index (χ1) is 30.7. The Morgan fingerprint density at radius 3 is 1.50 bits per heavy atom. The molecule has 0 unspecified atom stereocenters. The minimum atomic E-state index is -0.547. The van der Waals surface area contributed by atoms with Crippen molar-refractivity contribution >= 4 is 21.9 Å². The SMILES string of the molecule is c1ccc(-c2cccc(-c3cc(-c4ccc5c(c4)-c4ccccc4-c4ccccc4C54c5ccccc5-c5ccccc54)nc(-c4cccc5oc6ccccc6c45)n3)c2)cc1. The van der Waals surface area contributed by atoms with Gasteiger partial charge in [-0.3, -0.25) is 0 Å². The number of aromatic nitrogens is 2. The van der Waals surface area contributed by atoms with E-state index in [1.807, 2.05) is 24.3 Å². The van der Waals surface area contributed by atoms with Crippen LogP contribution in [0.4, 0.5) is 0 Å². The van der Waals surface area contributed by atoms with Gasteiger partial charge in [-0.2, -0.15) is 0 Å². The molecule has 0 radical (unpaired) electrons. The van der Waals surface area contributed by atoms with Crippen LogP contribution in [0.5, 0.6) is 0 Å². The number of hydrogen-bond acceptors (Lipinski definition) is 3. The molecule has 11 aromatic rings. The van der Waals surface area contributed by atoms with Crippen molar-refractivity contribution in [1.82, 2.24) is 9.97 Å². The molecule has 13 rings (SSSR count). The molecule has 0 N–H and O–H groups in total. The third-order valence-corrected chi connectivity index (χ3v) is 13.1. The Morgan fingerprint density at radius 1 is 0.306 bits per heavy atom. The Labute approximate surface area is 359 Å². The normalized spacial score (nSPS) is 13.0. The van der Waals surface area contributed by atoms with E-state index in [-0.39, 0.29) is 0 Å². The van der Waals surface area contributed by atoms with Crippen LogP contribution in [0, 0.1) is 0 Å². The average Bonchev–Trinajstić information content (AvgIpc) is 3.85. The van der Waals surface area contributed by atoms with Gasteiger partial charge in [0.15, 0.2) is 5.82 Å². The van der Waals surface area contributed by atoms with Crippen LogP contribution in [0.15, 0.2) is 223 Å². The van der Waals surface area contributed by atoms with E-state index in [9.17, 15) is 0 Å². The highest BCUT2D eigenvalue weighted by atomic mass is 16.3. The number of benzene rings is 9. The Bertz CT molecular complexity index is 3550. The summed E-state index contributed by atoms with van der Waals surface area (Å²) < 4.78 is 6.38. The highest BCUT2D eigenvalue weighted by Crippen LogP contribution is 2.61. The number of rotatable bonds is 4. The topological polar surface area (TPSA) is 38.9 Å². The van der Waals surface area contributed by atoms with Gasteiger partial charge in [0, 0.05) is 27.5 Å². The van der Waals surface area contributed by atoms with Gasteiger partial charge in [0.05, 0.1) is 16.8 Å². The van der Waals surface area contributed by atoms with Gasteiger partial charge in [-0.15, -0.1) is 0 Å². The van der Waals surface area contributed by atoms with Gasteiger partial charge >= 0.3 is 0 Å². The van der Waals surface area contributed by atoms with Gasteiger partial charge in [-0.25, -0.2) is 9.97 Å². The average molecular weight is 789 g/mol. The molecular formula is C59H36N2O. The van der Waals surface area contributed by atoms with Gasteiger partial charge in [0.1, 0.15) is 11.2 Å². The van der Waals surface area contributed by atoms with Crippen molar-refractivity contribution in [1.29, 1.82) is 0 Å². The maximum Gasteiger partial charge on any atom is 0.161 e. The monoisotopic (exact) mass is 788 g/mol. The molecule has 3 nitrogen and oxygen atoms in total. The molecule has 2 aliphatic carbocycles. The summed E-state index contributed by atoms with van der Waals surface area (Å²) >= 11 is 0. The molecule has 3 heteroatoms. The molecular weight excluding hydrogens is 753 g/mol. The largest absolute Gasteiger partial charge is 0.456 e. The number of fused-ring (bicyclic) bond motifs is 15. The van der Waals surface area contributed by atoms with Gasteiger partial charge in [0.25, 0.3) is 0 Å². The molecule has 2 aromatic heterocycles. The fourth-order valence-electron chi connectivity index (χ4n) is 10.5. The van der Waals surface area contributed by atoms with Crippen LogP contribution < -0.4 is 0 Å². The van der Waals surface area contributed by atoms with E-state index >= 15 is 0 Å². The van der Waals surface area contributed by atoms with Gasteiger partial charge in [-0.05, 0) is 97.1 Å². The first kappa shape index (κ1) is 34.7. The lowest BCUT2D eigenvalue weighted by Gasteiger charge is -2.35. The molecule has 1 spiro atoms. The Kier molecular flexibility index (Phi) is 7.52. The molecule has 0 atom stereocenters. The van der Waals surface area contributed by atoms with Crippen LogP contribution in [0.3, 0.4) is 0 Å². The van der Waals surface area contributed by atoms with E-state index in [2.05, 4.69) is 194 Å². The number of furan rings is 1. The minimum absolute atomic E-state index is 0.547. The summed E-state index contributed by atoms with van der Waals surface area (Å²) in [7, 11) is 0. The predicted molar refractivity (Wildman–Crippen MR) is 253 cm³/mol. The van der Waals surface area contributed by atoms with Gasteiger partial charge in [0.2, 0.25) is 0 Å². The van der Waals surface area contributed by atoms with Crippen LogP contribution >= 0.6 is 0 Å². The van der Waals surface area contributed by atoms with Crippen molar-refractivity contribution in [2.75, 3.05) is 0 Å². The van der Waals surface area contributed by atoms with Crippen molar-refractivity contribution in [3.63, 3.8) is 0 Å². The third kappa shape index (κ3) is 5.00. The molecule has 0 aliphatic heterocycles. The molecule has 288 valence electrons. The van der Waals surface area contributed by atoms with Crippen LogP contribution in [0.1, 0.15) is 22.3 Å². The van der Waals surface area contributed by atoms with Crippen molar-refractivity contribution in [3.8, 4) is 78.4 Å².